The third-order valence-corrected chi connectivity index (χ3v) is 19.1. The molecule has 18 nitrogen and oxygen atoms in total. The summed E-state index contributed by atoms with van der Waals surface area (Å²) in [6.07, 6.45) is 15.3. The van der Waals surface area contributed by atoms with Gasteiger partial charge in [-0.05, 0) is 150 Å². The lowest BCUT2D eigenvalue weighted by Gasteiger charge is -2.37. The van der Waals surface area contributed by atoms with E-state index in [1.165, 1.54) is 4.68 Å². The summed E-state index contributed by atoms with van der Waals surface area (Å²) in [7, 11) is 1.67. The first-order valence-electron chi connectivity index (χ1n) is 28.9. The number of rotatable bonds is 10. The van der Waals surface area contributed by atoms with E-state index in [1.54, 1.807) is 19.3 Å². The van der Waals surface area contributed by atoms with Crippen LogP contribution in [0.3, 0.4) is 0 Å². The summed E-state index contributed by atoms with van der Waals surface area (Å²) in [6, 6.07) is 3.72. The van der Waals surface area contributed by atoms with Crippen LogP contribution in [0.25, 0.3) is 33.1 Å². The summed E-state index contributed by atoms with van der Waals surface area (Å²) >= 11 is 0. The second-order valence-corrected chi connectivity index (χ2v) is 23.8. The number of pyridine rings is 2. The van der Waals surface area contributed by atoms with Crippen LogP contribution in [0.1, 0.15) is 138 Å². The molecule has 1 aliphatic carbocycles. The molecule has 8 aliphatic rings. The van der Waals surface area contributed by atoms with Crippen molar-refractivity contribution in [1.82, 2.24) is 44.8 Å². The highest BCUT2D eigenvalue weighted by Gasteiger charge is 2.50. The Morgan fingerprint density at radius 1 is 0.885 bits per heavy atom. The van der Waals surface area contributed by atoms with Crippen LogP contribution >= 0.6 is 0 Å². The van der Waals surface area contributed by atoms with Gasteiger partial charge in [-0.2, -0.15) is 15.1 Å². The number of likely N-dealkylation sites (tertiary alicyclic amines) is 1. The van der Waals surface area contributed by atoms with Crippen LogP contribution in [0.2, 0.25) is 0 Å². The van der Waals surface area contributed by atoms with Crippen molar-refractivity contribution in [1.29, 1.82) is 0 Å². The van der Waals surface area contributed by atoms with E-state index in [2.05, 4.69) is 32.1 Å². The number of carbonyl (C=O) groups is 3. The Bertz CT molecular complexity index is 3180. The predicted molar refractivity (Wildman–Crippen MR) is 287 cm³/mol. The first-order chi connectivity index (χ1) is 37.9. The predicted octanol–water partition coefficient (Wildman–Crippen LogP) is 7.99. The van der Waals surface area contributed by atoms with Crippen LogP contribution in [-0.2, 0) is 39.0 Å². The number of fused-ring (bicyclic) bond motifs is 5. The molecule has 7 aliphatic heterocycles. The molecule has 6 saturated heterocycles. The molecule has 78 heavy (non-hydrogen) atoms. The van der Waals surface area contributed by atoms with Gasteiger partial charge in [0, 0.05) is 76.0 Å². The zero-order valence-electron chi connectivity index (χ0n) is 44.9. The number of aryl methyl sites for hydroxylation is 3. The quantitative estimate of drug-likeness (QED) is 0.128. The number of aromatic hydroxyl groups is 1. The molecular weight excluding hydrogens is 1000 g/mol. The number of piperidine rings is 3. The summed E-state index contributed by atoms with van der Waals surface area (Å²) < 4.78 is 54.0. The van der Waals surface area contributed by atoms with E-state index in [0.717, 1.165) is 113 Å². The molecule has 6 fully saturated rings. The van der Waals surface area contributed by atoms with Crippen LogP contribution in [-0.4, -0.2) is 146 Å². The van der Waals surface area contributed by atoms with Gasteiger partial charge < -0.3 is 34.0 Å². The molecular formula is C58H71F2N11O7. The molecule has 0 spiro atoms. The normalized spacial score (nSPS) is 26.2. The summed E-state index contributed by atoms with van der Waals surface area (Å²) in [5.74, 6) is -0.0845. The van der Waals surface area contributed by atoms with Gasteiger partial charge >= 0.3 is 12.1 Å². The number of ether oxygens (including phenoxy) is 3. The van der Waals surface area contributed by atoms with E-state index in [9.17, 15) is 19.5 Å². The van der Waals surface area contributed by atoms with Gasteiger partial charge in [0.15, 0.2) is 17.5 Å². The molecule has 0 radical (unpaired) electrons. The van der Waals surface area contributed by atoms with Crippen molar-refractivity contribution in [3.8, 4) is 23.0 Å². The van der Waals surface area contributed by atoms with Crippen molar-refractivity contribution in [2.24, 2.45) is 18.9 Å². The number of carbonyl (C=O) groups excluding carboxylic acids is 3. The third kappa shape index (κ3) is 9.24. The Balaban J connectivity index is 0.630. The highest BCUT2D eigenvalue weighted by Crippen LogP contribution is 2.46. The smallest absolute Gasteiger partial charge is 0.409 e. The highest BCUT2D eigenvalue weighted by atomic mass is 19.1. The number of phenolic OH excluding ortho intramolecular Hbond substituents is 1. The fourth-order valence-corrected chi connectivity index (χ4v) is 15.0. The zero-order chi connectivity index (χ0) is 53.4. The van der Waals surface area contributed by atoms with Crippen LogP contribution < -0.4 is 19.9 Å². The lowest BCUT2D eigenvalue weighted by atomic mass is 9.80. The number of phenols is 1. The molecule has 5 atom stereocenters. The Morgan fingerprint density at radius 3 is 2.53 bits per heavy atom. The molecule has 1 aromatic carbocycles. The van der Waals surface area contributed by atoms with E-state index in [1.807, 2.05) is 15.9 Å². The number of benzene rings is 1. The topological polar surface area (TPSA) is 193 Å². The molecule has 2 N–H and O–H groups in total. The number of amides is 3. The monoisotopic (exact) mass is 1070 g/mol. The van der Waals surface area contributed by atoms with Gasteiger partial charge in [-0.25, -0.2) is 23.5 Å². The fourth-order valence-electron chi connectivity index (χ4n) is 15.0. The number of hydrogen-bond donors (Lipinski definition) is 2. The van der Waals surface area contributed by atoms with Crippen LogP contribution in [0, 0.1) is 23.5 Å². The van der Waals surface area contributed by atoms with E-state index in [4.69, 9.17) is 29.2 Å². The van der Waals surface area contributed by atoms with Gasteiger partial charge in [0.1, 0.15) is 41.5 Å². The number of aromatic nitrogens is 6. The maximum absolute atomic E-state index is 17.5. The number of halogens is 2. The van der Waals surface area contributed by atoms with Crippen molar-refractivity contribution in [3.63, 3.8) is 0 Å². The van der Waals surface area contributed by atoms with Crippen molar-refractivity contribution in [2.45, 2.75) is 146 Å². The minimum absolute atomic E-state index is 0.0399. The first-order valence-corrected chi connectivity index (χ1v) is 28.9. The van der Waals surface area contributed by atoms with Gasteiger partial charge in [-0.15, -0.1) is 0 Å². The minimum Gasteiger partial charge on any atom is -0.508 e. The maximum Gasteiger partial charge on any atom is 0.409 e. The molecule has 4 aromatic heterocycles. The van der Waals surface area contributed by atoms with E-state index >= 15 is 8.78 Å². The average Bonchev–Trinajstić information content (AvgIpc) is 4.19. The average molecular weight is 1070 g/mol. The van der Waals surface area contributed by atoms with Gasteiger partial charge in [0.2, 0.25) is 11.8 Å². The molecule has 414 valence electrons. The summed E-state index contributed by atoms with van der Waals surface area (Å²) in [6.45, 7) is 8.26. The van der Waals surface area contributed by atoms with Gasteiger partial charge in [0.25, 0.3) is 0 Å². The molecule has 20 heteroatoms. The summed E-state index contributed by atoms with van der Waals surface area (Å²) in [5.41, 5.74) is 4.36. The van der Waals surface area contributed by atoms with Gasteiger partial charge in [-0.3, -0.25) is 24.5 Å². The SMILES string of the molecule is C[C@@H]1CCCc2cc(O)cc(-c3nc4c5c(nc(OC[C@@]67CCCN6[C@H](COC(=O)N6CCC(CC8CCN(c9ncc%10c(C%11CCC(=O)NC%11=O)nn(C)c%10c9F)CC8)CC6)CC7)nc5c3F)N3CCCOC[C@@H]3CC4)c21. The lowest BCUT2D eigenvalue weighted by Crippen LogP contribution is -2.48. The lowest BCUT2D eigenvalue weighted by molar-refractivity contribution is -0.134. The largest absolute Gasteiger partial charge is 0.508 e. The number of hydrogen-bond acceptors (Lipinski definition) is 15. The third-order valence-electron chi connectivity index (χ3n) is 19.1. The molecule has 0 saturated carbocycles. The summed E-state index contributed by atoms with van der Waals surface area (Å²) in [5, 5.41) is 18.9. The van der Waals surface area contributed by atoms with E-state index in [0.29, 0.717) is 123 Å². The Kier molecular flexibility index (Phi) is 13.6. The van der Waals surface area contributed by atoms with Crippen molar-refractivity contribution in [3.05, 3.63) is 52.5 Å². The minimum atomic E-state index is -0.628. The highest BCUT2D eigenvalue weighted by molar-refractivity contribution is 6.02. The second-order valence-electron chi connectivity index (χ2n) is 23.8. The van der Waals surface area contributed by atoms with E-state index in [-0.39, 0.29) is 64.9 Å². The van der Waals surface area contributed by atoms with Crippen LogP contribution in [0.15, 0.2) is 18.3 Å². The fraction of sp³-hybridized carbons (Fsp3) is 0.621. The molecule has 5 aromatic rings. The standard InChI is InChI=1S/C58H71F2N11O7/c1-33-6-3-7-36-27-39(72)28-41(45(33)36)50-47(59)51-46-43(62-50)10-8-37-30-76-25-5-19-70(37)53(46)65-56(64-51)78-32-58-17-4-20-71(58)38(12-18-58)31-77-57(75)69-23-15-35(16-24-69)26-34-13-21-68(22-14-34)54-48(60)52-42(29-61-54)49(66-67(52)2)40-9-11-44(73)63-55(40)74/h27-29,33-35,37-38,40,72H,3-26,30-32H2,1-2H3,(H,63,73,74)/t33-,37+,38+,40?,58+/m1/s1. The Hall–Kier alpha value is -6.28. The van der Waals surface area contributed by atoms with Crippen molar-refractivity contribution >= 4 is 51.3 Å². The van der Waals surface area contributed by atoms with Crippen molar-refractivity contribution in [2.75, 3.05) is 75.5 Å². The Morgan fingerprint density at radius 2 is 1.71 bits per heavy atom. The first kappa shape index (κ1) is 51.2. The second kappa shape index (κ2) is 20.7. The summed E-state index contributed by atoms with van der Waals surface area (Å²) in [4.78, 5) is 66.3. The van der Waals surface area contributed by atoms with E-state index < -0.39 is 23.5 Å². The van der Waals surface area contributed by atoms with Gasteiger partial charge in [-0.1, -0.05) is 6.92 Å². The molecule has 3 amide bonds. The number of nitrogens with one attached hydrogen (secondary N) is 1. The van der Waals surface area contributed by atoms with Crippen molar-refractivity contribution < 1.29 is 42.5 Å². The molecule has 11 heterocycles. The maximum atomic E-state index is 17.5. The molecule has 0 bridgehead atoms. The van der Waals surface area contributed by atoms with Gasteiger partial charge in [0.05, 0.1) is 40.9 Å². The van der Waals surface area contributed by atoms with Crippen LogP contribution in [0.4, 0.5) is 25.2 Å². The molecule has 1 unspecified atom stereocenters. The number of anilines is 2. The number of imide groups is 1. The molecule has 13 rings (SSSR count). The Labute approximate surface area is 452 Å². The van der Waals surface area contributed by atoms with Crippen LogP contribution in [0.5, 0.6) is 11.8 Å². The number of nitrogens with zero attached hydrogens (tertiary/aromatic N) is 10. The zero-order valence-corrected chi connectivity index (χ0v) is 44.9.